The lowest BCUT2D eigenvalue weighted by molar-refractivity contribution is -0.156. The van der Waals surface area contributed by atoms with E-state index < -0.39 is 11.7 Å². The molecule has 0 N–H and O–H groups in total. The molecule has 0 aromatic carbocycles. The molecule has 1 aromatic heterocycles. The van der Waals surface area contributed by atoms with E-state index in [1.807, 2.05) is 0 Å². The van der Waals surface area contributed by atoms with Gasteiger partial charge in [0, 0.05) is 25.5 Å². The second kappa shape index (κ2) is 6.70. The standard InChI is InChI=1S/C17H21F3N2O2/c18-17(19,20)14-4-7-21-11-13(14)10-15(23)22-8-9-24-16(12-22)5-2-1-3-6-16/h4,7,11H,1-3,5-6,8-10,12H2. The molecule has 0 unspecified atom stereocenters. The zero-order chi connectivity index (χ0) is 17.2. The third-order valence-electron chi connectivity index (χ3n) is 4.92. The largest absolute Gasteiger partial charge is 0.416 e. The quantitative estimate of drug-likeness (QED) is 0.829. The second-order valence-electron chi connectivity index (χ2n) is 6.61. The van der Waals surface area contributed by atoms with Crippen molar-refractivity contribution in [3.63, 3.8) is 0 Å². The van der Waals surface area contributed by atoms with Gasteiger partial charge in [-0.3, -0.25) is 9.78 Å². The first-order chi connectivity index (χ1) is 11.4. The highest BCUT2D eigenvalue weighted by molar-refractivity contribution is 5.79. The van der Waals surface area contributed by atoms with Crippen LogP contribution in [0.4, 0.5) is 13.2 Å². The Kier molecular flexibility index (Phi) is 4.80. The molecule has 0 atom stereocenters. The number of amides is 1. The SMILES string of the molecule is O=C(Cc1cnccc1C(F)(F)F)N1CCOC2(CCCCC2)C1. The number of ether oxygens (including phenoxy) is 1. The predicted molar refractivity (Wildman–Crippen MR) is 81.3 cm³/mol. The van der Waals surface area contributed by atoms with E-state index in [1.54, 1.807) is 4.90 Å². The first-order valence-electron chi connectivity index (χ1n) is 8.31. The smallest absolute Gasteiger partial charge is 0.371 e. The molecule has 1 aromatic rings. The minimum atomic E-state index is -4.48. The monoisotopic (exact) mass is 342 g/mol. The van der Waals surface area contributed by atoms with E-state index in [-0.39, 0.29) is 23.5 Å². The third-order valence-corrected chi connectivity index (χ3v) is 4.92. The van der Waals surface area contributed by atoms with Crippen LogP contribution in [-0.2, 0) is 22.1 Å². The van der Waals surface area contributed by atoms with E-state index in [4.69, 9.17) is 4.74 Å². The Balaban J connectivity index is 1.71. The van der Waals surface area contributed by atoms with E-state index >= 15 is 0 Å². The Morgan fingerprint density at radius 3 is 2.75 bits per heavy atom. The number of hydrogen-bond acceptors (Lipinski definition) is 3. The number of rotatable bonds is 2. The van der Waals surface area contributed by atoms with Gasteiger partial charge in [0.1, 0.15) is 0 Å². The van der Waals surface area contributed by atoms with Crippen LogP contribution in [-0.4, -0.2) is 41.1 Å². The van der Waals surface area contributed by atoms with Crippen LogP contribution in [0.25, 0.3) is 0 Å². The van der Waals surface area contributed by atoms with Crippen molar-refractivity contribution in [2.24, 2.45) is 0 Å². The minimum Gasteiger partial charge on any atom is -0.371 e. The summed E-state index contributed by atoms with van der Waals surface area (Å²) in [7, 11) is 0. The molecule has 0 bridgehead atoms. The molecule has 1 aliphatic heterocycles. The van der Waals surface area contributed by atoms with Crippen LogP contribution in [0, 0.1) is 0 Å². The number of alkyl halides is 3. The van der Waals surface area contributed by atoms with E-state index in [1.165, 1.54) is 6.42 Å². The third kappa shape index (κ3) is 3.71. The number of carbonyl (C=O) groups excluding carboxylic acids is 1. The van der Waals surface area contributed by atoms with Crippen molar-refractivity contribution in [3.05, 3.63) is 29.6 Å². The van der Waals surface area contributed by atoms with Crippen LogP contribution >= 0.6 is 0 Å². The van der Waals surface area contributed by atoms with Crippen LogP contribution < -0.4 is 0 Å². The van der Waals surface area contributed by atoms with Crippen LogP contribution in [0.3, 0.4) is 0 Å². The Hall–Kier alpha value is -1.63. The van der Waals surface area contributed by atoms with Gasteiger partial charge in [-0.15, -0.1) is 0 Å². The summed E-state index contributed by atoms with van der Waals surface area (Å²) in [5.41, 5.74) is -1.15. The van der Waals surface area contributed by atoms with Crippen molar-refractivity contribution in [2.45, 2.75) is 50.3 Å². The predicted octanol–water partition coefficient (Wildman–Crippen LogP) is 3.20. The highest BCUT2D eigenvalue weighted by atomic mass is 19.4. The fourth-order valence-corrected chi connectivity index (χ4v) is 3.68. The molecule has 1 saturated heterocycles. The molecule has 0 radical (unpaired) electrons. The molecule has 2 aliphatic rings. The number of carbonyl (C=O) groups is 1. The van der Waals surface area contributed by atoms with Gasteiger partial charge < -0.3 is 9.64 Å². The maximum atomic E-state index is 13.1. The molecule has 2 fully saturated rings. The average Bonchev–Trinajstić information content (AvgIpc) is 2.55. The van der Waals surface area contributed by atoms with Crippen molar-refractivity contribution in [1.29, 1.82) is 0 Å². The van der Waals surface area contributed by atoms with E-state index in [9.17, 15) is 18.0 Å². The average molecular weight is 342 g/mol. The summed E-state index contributed by atoms with van der Waals surface area (Å²) < 4.78 is 45.1. The first kappa shape index (κ1) is 17.2. The van der Waals surface area contributed by atoms with Crippen molar-refractivity contribution < 1.29 is 22.7 Å². The molecule has 2 heterocycles. The Bertz CT molecular complexity index is 592. The van der Waals surface area contributed by atoms with Gasteiger partial charge >= 0.3 is 6.18 Å². The molecule has 1 spiro atoms. The van der Waals surface area contributed by atoms with Crippen LogP contribution in [0.1, 0.15) is 43.2 Å². The van der Waals surface area contributed by atoms with Gasteiger partial charge in [0.25, 0.3) is 0 Å². The fraction of sp³-hybridized carbons (Fsp3) is 0.647. The van der Waals surface area contributed by atoms with Gasteiger partial charge in [-0.1, -0.05) is 19.3 Å². The molecular formula is C17H21F3N2O2. The number of aromatic nitrogens is 1. The van der Waals surface area contributed by atoms with E-state index in [0.717, 1.165) is 44.1 Å². The van der Waals surface area contributed by atoms with Gasteiger partial charge in [-0.05, 0) is 24.5 Å². The number of hydrogen-bond donors (Lipinski definition) is 0. The van der Waals surface area contributed by atoms with Gasteiger partial charge in [0.05, 0.1) is 24.2 Å². The molecular weight excluding hydrogens is 321 g/mol. The van der Waals surface area contributed by atoms with Crippen LogP contribution in [0.2, 0.25) is 0 Å². The van der Waals surface area contributed by atoms with E-state index in [0.29, 0.717) is 19.7 Å². The zero-order valence-corrected chi connectivity index (χ0v) is 13.4. The molecule has 7 heteroatoms. The molecule has 1 saturated carbocycles. The summed E-state index contributed by atoms with van der Waals surface area (Å²) in [6.07, 6.45) is 2.62. The van der Waals surface area contributed by atoms with Gasteiger partial charge in [-0.25, -0.2) is 0 Å². The first-order valence-corrected chi connectivity index (χ1v) is 8.31. The lowest BCUT2D eigenvalue weighted by atomic mass is 9.83. The maximum absolute atomic E-state index is 13.1. The Morgan fingerprint density at radius 2 is 2.04 bits per heavy atom. The highest BCUT2D eigenvalue weighted by Crippen LogP contribution is 2.35. The highest BCUT2D eigenvalue weighted by Gasteiger charge is 2.40. The molecule has 1 aliphatic carbocycles. The number of nitrogens with zero attached hydrogens (tertiary/aromatic N) is 2. The van der Waals surface area contributed by atoms with Gasteiger partial charge in [0.2, 0.25) is 5.91 Å². The van der Waals surface area contributed by atoms with Crippen molar-refractivity contribution in [2.75, 3.05) is 19.7 Å². The molecule has 4 nitrogen and oxygen atoms in total. The minimum absolute atomic E-state index is 0.0702. The number of morpholine rings is 1. The van der Waals surface area contributed by atoms with Crippen molar-refractivity contribution in [1.82, 2.24) is 9.88 Å². The van der Waals surface area contributed by atoms with Crippen LogP contribution in [0.15, 0.2) is 18.5 Å². The topological polar surface area (TPSA) is 42.4 Å². The van der Waals surface area contributed by atoms with Gasteiger partial charge in [-0.2, -0.15) is 13.2 Å². The molecule has 1 amide bonds. The summed E-state index contributed by atoms with van der Waals surface area (Å²) in [6.45, 7) is 1.36. The van der Waals surface area contributed by atoms with Crippen molar-refractivity contribution in [3.8, 4) is 0 Å². The van der Waals surface area contributed by atoms with Gasteiger partial charge in [0.15, 0.2) is 0 Å². The number of pyridine rings is 1. The molecule has 24 heavy (non-hydrogen) atoms. The molecule has 132 valence electrons. The van der Waals surface area contributed by atoms with E-state index in [2.05, 4.69) is 4.98 Å². The number of halogens is 3. The zero-order valence-electron chi connectivity index (χ0n) is 13.4. The second-order valence-corrected chi connectivity index (χ2v) is 6.61. The normalized spacial score (nSPS) is 21.0. The summed E-state index contributed by atoms with van der Waals surface area (Å²) in [6, 6.07) is 0.921. The lowest BCUT2D eigenvalue weighted by Gasteiger charge is -2.45. The summed E-state index contributed by atoms with van der Waals surface area (Å²) in [5, 5.41) is 0. The van der Waals surface area contributed by atoms with Crippen LogP contribution in [0.5, 0.6) is 0 Å². The summed E-state index contributed by atoms with van der Waals surface area (Å²) in [5.74, 6) is -0.290. The Morgan fingerprint density at radius 1 is 1.29 bits per heavy atom. The fourth-order valence-electron chi connectivity index (χ4n) is 3.68. The maximum Gasteiger partial charge on any atom is 0.416 e. The van der Waals surface area contributed by atoms with Crippen molar-refractivity contribution >= 4 is 5.91 Å². The summed E-state index contributed by atoms with van der Waals surface area (Å²) >= 11 is 0. The molecule has 3 rings (SSSR count). The summed E-state index contributed by atoms with van der Waals surface area (Å²) in [4.78, 5) is 17.9. The lowest BCUT2D eigenvalue weighted by Crippen LogP contribution is -2.54. The Labute approximate surface area is 139 Å².